The SMILES string of the molecule is COc1cc(CN2CCOCC2)cc(-c2nnc(-c3cccnc3)o2)c1O. The van der Waals surface area contributed by atoms with Crippen LogP contribution >= 0.6 is 0 Å². The summed E-state index contributed by atoms with van der Waals surface area (Å²) in [6, 6.07) is 7.31. The summed E-state index contributed by atoms with van der Waals surface area (Å²) in [7, 11) is 1.52. The Morgan fingerprint density at radius 2 is 2.00 bits per heavy atom. The predicted molar refractivity (Wildman–Crippen MR) is 97.3 cm³/mol. The second-order valence-corrected chi connectivity index (χ2v) is 6.24. The van der Waals surface area contributed by atoms with E-state index in [9.17, 15) is 5.11 Å². The van der Waals surface area contributed by atoms with E-state index >= 15 is 0 Å². The molecule has 1 aromatic carbocycles. The third kappa shape index (κ3) is 3.76. The average molecular weight is 368 g/mol. The molecule has 1 N–H and O–H groups in total. The van der Waals surface area contributed by atoms with Gasteiger partial charge in [-0.2, -0.15) is 0 Å². The van der Waals surface area contributed by atoms with E-state index in [1.807, 2.05) is 18.2 Å². The van der Waals surface area contributed by atoms with Crippen LogP contribution in [-0.4, -0.2) is 58.6 Å². The zero-order valence-corrected chi connectivity index (χ0v) is 15.0. The van der Waals surface area contributed by atoms with Crippen LogP contribution in [0.4, 0.5) is 0 Å². The molecule has 0 radical (unpaired) electrons. The van der Waals surface area contributed by atoms with Crippen molar-refractivity contribution < 1.29 is 19.0 Å². The number of pyridine rings is 1. The lowest BCUT2D eigenvalue weighted by atomic mass is 10.1. The molecular weight excluding hydrogens is 348 g/mol. The van der Waals surface area contributed by atoms with Gasteiger partial charge in [-0.3, -0.25) is 9.88 Å². The van der Waals surface area contributed by atoms with Gasteiger partial charge in [-0.15, -0.1) is 10.2 Å². The first kappa shape index (κ1) is 17.4. The minimum atomic E-state index is -0.0235. The molecular formula is C19H20N4O4. The highest BCUT2D eigenvalue weighted by molar-refractivity contribution is 5.69. The Morgan fingerprint density at radius 1 is 1.19 bits per heavy atom. The van der Waals surface area contributed by atoms with Crippen LogP contribution in [-0.2, 0) is 11.3 Å². The van der Waals surface area contributed by atoms with Crippen molar-refractivity contribution in [2.24, 2.45) is 0 Å². The maximum atomic E-state index is 10.6. The maximum Gasteiger partial charge on any atom is 0.252 e. The van der Waals surface area contributed by atoms with Crippen molar-refractivity contribution in [2.45, 2.75) is 6.54 Å². The van der Waals surface area contributed by atoms with Gasteiger partial charge < -0.3 is 19.0 Å². The van der Waals surface area contributed by atoms with E-state index < -0.39 is 0 Å². The molecule has 1 saturated heterocycles. The Balaban J connectivity index is 1.67. The van der Waals surface area contributed by atoms with E-state index in [2.05, 4.69) is 20.1 Å². The first-order chi connectivity index (χ1) is 13.2. The zero-order valence-electron chi connectivity index (χ0n) is 15.0. The normalized spacial score (nSPS) is 15.0. The second-order valence-electron chi connectivity index (χ2n) is 6.24. The van der Waals surface area contributed by atoms with Gasteiger partial charge in [0.2, 0.25) is 5.89 Å². The molecule has 0 saturated carbocycles. The first-order valence-corrected chi connectivity index (χ1v) is 8.69. The number of aromatic hydroxyl groups is 1. The van der Waals surface area contributed by atoms with Crippen LogP contribution in [0.1, 0.15) is 5.56 Å². The number of hydrogen-bond acceptors (Lipinski definition) is 8. The number of phenolic OH excluding ortho intramolecular Hbond substituents is 1. The molecule has 8 nitrogen and oxygen atoms in total. The fraction of sp³-hybridized carbons (Fsp3) is 0.316. The maximum absolute atomic E-state index is 10.6. The minimum Gasteiger partial charge on any atom is -0.504 e. The first-order valence-electron chi connectivity index (χ1n) is 8.69. The molecule has 1 aliphatic rings. The van der Waals surface area contributed by atoms with Crippen LogP contribution in [0.15, 0.2) is 41.1 Å². The quantitative estimate of drug-likeness (QED) is 0.733. The van der Waals surface area contributed by atoms with Gasteiger partial charge in [0.05, 0.1) is 31.5 Å². The smallest absolute Gasteiger partial charge is 0.252 e. The van der Waals surface area contributed by atoms with Gasteiger partial charge in [0, 0.05) is 32.0 Å². The fourth-order valence-electron chi connectivity index (χ4n) is 3.03. The van der Waals surface area contributed by atoms with E-state index in [1.54, 1.807) is 18.5 Å². The topological polar surface area (TPSA) is 93.7 Å². The number of hydrogen-bond donors (Lipinski definition) is 1. The molecule has 0 aliphatic carbocycles. The van der Waals surface area contributed by atoms with Crippen LogP contribution in [0.2, 0.25) is 0 Å². The lowest BCUT2D eigenvalue weighted by Gasteiger charge is -2.26. The van der Waals surface area contributed by atoms with Crippen LogP contribution in [0.25, 0.3) is 22.9 Å². The second kappa shape index (κ2) is 7.73. The largest absolute Gasteiger partial charge is 0.504 e. The van der Waals surface area contributed by atoms with Gasteiger partial charge in [0.1, 0.15) is 0 Å². The Kier molecular flexibility index (Phi) is 4.99. The van der Waals surface area contributed by atoms with Crippen molar-refractivity contribution in [1.82, 2.24) is 20.1 Å². The van der Waals surface area contributed by atoms with Crippen molar-refractivity contribution >= 4 is 0 Å². The van der Waals surface area contributed by atoms with Gasteiger partial charge >= 0.3 is 0 Å². The summed E-state index contributed by atoms with van der Waals surface area (Å²) >= 11 is 0. The van der Waals surface area contributed by atoms with Crippen molar-refractivity contribution in [1.29, 1.82) is 0 Å². The van der Waals surface area contributed by atoms with E-state index in [4.69, 9.17) is 13.9 Å². The zero-order chi connectivity index (χ0) is 18.6. The van der Waals surface area contributed by atoms with Crippen molar-refractivity contribution in [3.63, 3.8) is 0 Å². The summed E-state index contributed by atoms with van der Waals surface area (Å²) in [4.78, 5) is 6.34. The highest BCUT2D eigenvalue weighted by atomic mass is 16.5. The number of nitrogens with zero attached hydrogens (tertiary/aromatic N) is 4. The summed E-state index contributed by atoms with van der Waals surface area (Å²) < 4.78 is 16.5. The van der Waals surface area contributed by atoms with Gasteiger partial charge in [0.15, 0.2) is 11.5 Å². The molecule has 0 atom stereocenters. The molecule has 4 rings (SSSR count). The van der Waals surface area contributed by atoms with Crippen molar-refractivity contribution in [3.05, 3.63) is 42.2 Å². The summed E-state index contributed by atoms with van der Waals surface area (Å²) in [5, 5.41) is 18.7. The van der Waals surface area contributed by atoms with Crippen LogP contribution < -0.4 is 4.74 Å². The monoisotopic (exact) mass is 368 g/mol. The molecule has 2 aromatic heterocycles. The molecule has 0 amide bonds. The van der Waals surface area contributed by atoms with Gasteiger partial charge in [-0.1, -0.05) is 0 Å². The number of methoxy groups -OCH3 is 1. The molecule has 0 bridgehead atoms. The van der Waals surface area contributed by atoms with Gasteiger partial charge in [0.25, 0.3) is 5.89 Å². The van der Waals surface area contributed by atoms with E-state index in [1.165, 1.54) is 7.11 Å². The molecule has 8 heteroatoms. The third-order valence-corrected chi connectivity index (χ3v) is 4.43. The highest BCUT2D eigenvalue weighted by Gasteiger charge is 2.20. The van der Waals surface area contributed by atoms with E-state index in [0.29, 0.717) is 22.8 Å². The molecule has 1 aliphatic heterocycles. The molecule has 140 valence electrons. The lowest BCUT2D eigenvalue weighted by molar-refractivity contribution is 0.0341. The van der Waals surface area contributed by atoms with E-state index in [-0.39, 0.29) is 11.6 Å². The fourth-order valence-corrected chi connectivity index (χ4v) is 3.03. The highest BCUT2D eigenvalue weighted by Crippen LogP contribution is 2.38. The molecule has 27 heavy (non-hydrogen) atoms. The summed E-state index contributed by atoms with van der Waals surface area (Å²) in [6.07, 6.45) is 3.32. The van der Waals surface area contributed by atoms with Crippen molar-refractivity contribution in [3.8, 4) is 34.4 Å². The number of rotatable bonds is 5. The van der Waals surface area contributed by atoms with Gasteiger partial charge in [-0.05, 0) is 29.8 Å². The number of morpholine rings is 1. The Bertz CT molecular complexity index is 907. The van der Waals surface area contributed by atoms with Gasteiger partial charge in [-0.25, -0.2) is 0 Å². The van der Waals surface area contributed by atoms with Crippen LogP contribution in [0.3, 0.4) is 0 Å². The van der Waals surface area contributed by atoms with E-state index in [0.717, 1.165) is 38.4 Å². The number of benzene rings is 1. The Hall–Kier alpha value is -2.97. The van der Waals surface area contributed by atoms with Crippen molar-refractivity contribution in [2.75, 3.05) is 33.4 Å². The molecule has 1 fully saturated rings. The lowest BCUT2D eigenvalue weighted by Crippen LogP contribution is -2.35. The predicted octanol–water partition coefficient (Wildman–Crippen LogP) is 2.35. The average Bonchev–Trinajstić information content (AvgIpc) is 3.20. The number of phenols is 1. The summed E-state index contributed by atoms with van der Waals surface area (Å²) in [5.74, 6) is 0.921. The number of aromatic nitrogens is 3. The molecule has 0 spiro atoms. The Labute approximate surface area is 156 Å². The molecule has 3 aromatic rings. The minimum absolute atomic E-state index is 0.0235. The van der Waals surface area contributed by atoms with Crippen LogP contribution in [0.5, 0.6) is 11.5 Å². The standard InChI is InChI=1S/C19H20N4O4/c1-25-16-10-13(12-23-5-7-26-8-6-23)9-15(17(16)24)19-22-21-18(27-19)14-3-2-4-20-11-14/h2-4,9-11,24H,5-8,12H2,1H3. The summed E-state index contributed by atoms with van der Waals surface area (Å²) in [6.45, 7) is 3.89. The molecule has 3 heterocycles. The summed E-state index contributed by atoms with van der Waals surface area (Å²) in [5.41, 5.74) is 2.15. The van der Waals surface area contributed by atoms with Crippen LogP contribution in [0, 0.1) is 0 Å². The third-order valence-electron chi connectivity index (χ3n) is 4.43. The molecule has 0 unspecified atom stereocenters. The number of ether oxygens (including phenoxy) is 2. The Morgan fingerprint density at radius 3 is 2.74 bits per heavy atom.